The summed E-state index contributed by atoms with van der Waals surface area (Å²) in [5, 5.41) is 7.39. The van der Waals surface area contributed by atoms with Crippen LogP contribution >= 0.6 is 11.6 Å². The van der Waals surface area contributed by atoms with Gasteiger partial charge in [-0.25, -0.2) is 0 Å². The van der Waals surface area contributed by atoms with Crippen molar-refractivity contribution in [3.8, 4) is 0 Å². The molecule has 4 heteroatoms. The first-order valence-corrected chi connectivity index (χ1v) is 3.07. The van der Waals surface area contributed by atoms with Crippen LogP contribution in [0.3, 0.4) is 0 Å². The van der Waals surface area contributed by atoms with Gasteiger partial charge in [0, 0.05) is 5.02 Å². The highest BCUT2D eigenvalue weighted by Crippen LogP contribution is 2.15. The van der Waals surface area contributed by atoms with Crippen molar-refractivity contribution in [2.24, 2.45) is 16.2 Å². The number of nitrogens with zero attached hydrogens (tertiary/aromatic N) is 2. The topological polar surface area (TPSA) is 50.7 Å². The van der Waals surface area contributed by atoms with Gasteiger partial charge in [-0.05, 0) is 24.3 Å². The van der Waals surface area contributed by atoms with Crippen molar-refractivity contribution in [1.82, 2.24) is 0 Å². The Morgan fingerprint density at radius 2 is 1.80 bits per heavy atom. The van der Waals surface area contributed by atoms with Gasteiger partial charge in [0.05, 0.1) is 5.69 Å². The molecule has 0 radical (unpaired) electrons. The van der Waals surface area contributed by atoms with E-state index in [2.05, 4.69) is 10.3 Å². The smallest absolute Gasteiger partial charge is 0.0875 e. The minimum absolute atomic E-state index is 0.677. The fourth-order valence-corrected chi connectivity index (χ4v) is 0.700. The van der Waals surface area contributed by atoms with Crippen LogP contribution in [0.4, 0.5) is 5.69 Å². The Kier molecular flexibility index (Phi) is 2.23. The van der Waals surface area contributed by atoms with Gasteiger partial charge in [0.2, 0.25) is 0 Å². The van der Waals surface area contributed by atoms with E-state index in [0.717, 1.165) is 0 Å². The average Bonchev–Trinajstić information content (AvgIpc) is 1.95. The minimum Gasteiger partial charge on any atom is -0.305 e. The highest BCUT2D eigenvalue weighted by Gasteiger charge is 1.87. The van der Waals surface area contributed by atoms with E-state index in [9.17, 15) is 0 Å². The Morgan fingerprint density at radius 1 is 1.20 bits per heavy atom. The van der Waals surface area contributed by atoms with Crippen molar-refractivity contribution in [3.05, 3.63) is 29.3 Å². The Balaban J connectivity index is 2.89. The van der Waals surface area contributed by atoms with Gasteiger partial charge in [-0.3, -0.25) is 0 Å². The van der Waals surface area contributed by atoms with Gasteiger partial charge < -0.3 is 5.84 Å². The lowest BCUT2D eigenvalue weighted by molar-refractivity contribution is 1.06. The molecule has 1 rings (SSSR count). The van der Waals surface area contributed by atoms with E-state index in [0.29, 0.717) is 10.7 Å². The quantitative estimate of drug-likeness (QED) is 0.378. The maximum atomic E-state index is 5.61. The van der Waals surface area contributed by atoms with Gasteiger partial charge in [0.15, 0.2) is 0 Å². The molecule has 0 saturated heterocycles. The normalized spacial score (nSPS) is 10.5. The van der Waals surface area contributed by atoms with Crippen LogP contribution in [0, 0.1) is 0 Å². The molecule has 10 heavy (non-hydrogen) atoms. The average molecular weight is 156 g/mol. The third-order valence-corrected chi connectivity index (χ3v) is 1.25. The molecule has 0 unspecified atom stereocenters. The van der Waals surface area contributed by atoms with E-state index in [1.54, 1.807) is 24.3 Å². The summed E-state index contributed by atoms with van der Waals surface area (Å²) in [6.07, 6.45) is 0. The van der Waals surface area contributed by atoms with Crippen LogP contribution < -0.4 is 5.84 Å². The molecule has 0 aliphatic heterocycles. The second kappa shape index (κ2) is 3.17. The fraction of sp³-hybridized carbons (Fsp3) is 0. The fourth-order valence-electron chi connectivity index (χ4n) is 0.574. The lowest BCUT2D eigenvalue weighted by Crippen LogP contribution is -1.73. The highest BCUT2D eigenvalue weighted by molar-refractivity contribution is 6.30. The largest absolute Gasteiger partial charge is 0.305 e. The second-order valence-corrected chi connectivity index (χ2v) is 2.13. The van der Waals surface area contributed by atoms with E-state index in [1.165, 1.54) is 0 Å². The SMILES string of the molecule is NN=Nc1ccc(Cl)cc1. The predicted molar refractivity (Wildman–Crippen MR) is 40.2 cm³/mol. The first-order chi connectivity index (χ1) is 4.83. The third-order valence-electron chi connectivity index (χ3n) is 1.000. The number of rotatable bonds is 1. The molecule has 3 nitrogen and oxygen atoms in total. The minimum atomic E-state index is 0.677. The van der Waals surface area contributed by atoms with E-state index >= 15 is 0 Å². The van der Waals surface area contributed by atoms with Crippen LogP contribution in [0.15, 0.2) is 34.6 Å². The number of hydrogen-bond acceptors (Lipinski definition) is 2. The molecule has 0 saturated carbocycles. The Morgan fingerprint density at radius 3 is 2.30 bits per heavy atom. The van der Waals surface area contributed by atoms with Gasteiger partial charge in [-0.2, -0.15) is 0 Å². The molecule has 0 heterocycles. The van der Waals surface area contributed by atoms with E-state index in [4.69, 9.17) is 17.4 Å². The summed E-state index contributed by atoms with van der Waals surface area (Å²) in [6.45, 7) is 0. The van der Waals surface area contributed by atoms with Gasteiger partial charge in [-0.15, -0.1) is 5.11 Å². The monoisotopic (exact) mass is 155 g/mol. The van der Waals surface area contributed by atoms with Crippen molar-refractivity contribution in [3.63, 3.8) is 0 Å². The molecule has 0 aliphatic rings. The maximum Gasteiger partial charge on any atom is 0.0875 e. The summed E-state index contributed by atoms with van der Waals surface area (Å²) in [7, 11) is 0. The zero-order chi connectivity index (χ0) is 7.40. The Hall–Kier alpha value is -1.09. The van der Waals surface area contributed by atoms with Gasteiger partial charge in [0.25, 0.3) is 0 Å². The summed E-state index contributed by atoms with van der Waals surface area (Å²) < 4.78 is 0. The molecule has 0 fully saturated rings. The molecule has 0 aliphatic carbocycles. The Bertz CT molecular complexity index is 229. The van der Waals surface area contributed by atoms with Crippen LogP contribution in [0.1, 0.15) is 0 Å². The molecule has 2 N–H and O–H groups in total. The third kappa shape index (κ3) is 1.70. The van der Waals surface area contributed by atoms with Gasteiger partial charge >= 0.3 is 0 Å². The van der Waals surface area contributed by atoms with Crippen LogP contribution in [-0.2, 0) is 0 Å². The summed E-state index contributed by atoms with van der Waals surface area (Å²) in [4.78, 5) is 0. The second-order valence-electron chi connectivity index (χ2n) is 1.69. The lowest BCUT2D eigenvalue weighted by Gasteiger charge is -1.89. The van der Waals surface area contributed by atoms with Crippen LogP contribution in [0.2, 0.25) is 5.02 Å². The van der Waals surface area contributed by atoms with E-state index in [1.807, 2.05) is 0 Å². The van der Waals surface area contributed by atoms with Crippen LogP contribution in [0.25, 0.3) is 0 Å². The van der Waals surface area contributed by atoms with Crippen molar-refractivity contribution >= 4 is 17.3 Å². The number of halogens is 1. The first-order valence-electron chi connectivity index (χ1n) is 2.69. The van der Waals surface area contributed by atoms with Crippen molar-refractivity contribution in [2.45, 2.75) is 0 Å². The highest BCUT2D eigenvalue weighted by atomic mass is 35.5. The number of benzene rings is 1. The van der Waals surface area contributed by atoms with Crippen LogP contribution in [0.5, 0.6) is 0 Å². The number of nitrogens with two attached hydrogens (primary N) is 1. The summed E-state index contributed by atoms with van der Waals surface area (Å²) in [5.41, 5.74) is 0.701. The van der Waals surface area contributed by atoms with Crippen LogP contribution in [-0.4, -0.2) is 0 Å². The molecule has 0 aromatic heterocycles. The zero-order valence-electron chi connectivity index (χ0n) is 5.16. The molecule has 1 aromatic carbocycles. The predicted octanol–water partition coefficient (Wildman–Crippen LogP) is 2.30. The molecule has 0 spiro atoms. The molecule has 1 aromatic rings. The first kappa shape index (κ1) is 7.02. The van der Waals surface area contributed by atoms with E-state index in [-0.39, 0.29) is 0 Å². The molecule has 52 valence electrons. The molecular formula is C6H6ClN3. The lowest BCUT2D eigenvalue weighted by atomic mass is 10.3. The Labute approximate surface area is 63.5 Å². The van der Waals surface area contributed by atoms with E-state index < -0.39 is 0 Å². The molecule has 0 atom stereocenters. The summed E-state index contributed by atoms with van der Waals surface area (Å²) in [5.74, 6) is 4.82. The molecular weight excluding hydrogens is 150 g/mol. The van der Waals surface area contributed by atoms with Gasteiger partial charge in [-0.1, -0.05) is 16.8 Å². The van der Waals surface area contributed by atoms with Gasteiger partial charge in [0.1, 0.15) is 0 Å². The van der Waals surface area contributed by atoms with Crippen molar-refractivity contribution in [2.75, 3.05) is 0 Å². The van der Waals surface area contributed by atoms with Crippen molar-refractivity contribution in [1.29, 1.82) is 0 Å². The molecule has 0 bridgehead atoms. The summed E-state index contributed by atoms with van der Waals surface area (Å²) >= 11 is 5.61. The summed E-state index contributed by atoms with van der Waals surface area (Å²) in [6, 6.07) is 6.93. The number of hydrogen-bond donors (Lipinski definition) is 1. The molecule has 0 amide bonds. The standard InChI is InChI=1S/C6H6ClN3/c7-5-1-3-6(4-2-5)9-10-8/h1-4H,(H2,8,9). The maximum absolute atomic E-state index is 5.61. The van der Waals surface area contributed by atoms with Crippen molar-refractivity contribution < 1.29 is 0 Å². The zero-order valence-corrected chi connectivity index (χ0v) is 5.92.